The predicted molar refractivity (Wildman–Crippen MR) is 185 cm³/mol. The largest absolute Gasteiger partial charge is 0.489 e. The van der Waals surface area contributed by atoms with Gasteiger partial charge in [0.15, 0.2) is 12.6 Å². The van der Waals surface area contributed by atoms with Gasteiger partial charge in [-0.2, -0.15) is 0 Å². The van der Waals surface area contributed by atoms with Crippen LogP contribution >= 0.6 is 0 Å². The number of carbonyl (C=O) groups excluding carboxylic acids is 1. The lowest BCUT2D eigenvalue weighted by Crippen LogP contribution is -2.59. The summed E-state index contributed by atoms with van der Waals surface area (Å²) in [7, 11) is 3.70. The van der Waals surface area contributed by atoms with Crippen LogP contribution in [0.1, 0.15) is 108 Å². The van der Waals surface area contributed by atoms with Crippen LogP contribution in [0.5, 0.6) is 0 Å². The van der Waals surface area contributed by atoms with E-state index in [1.165, 1.54) is 0 Å². The molecule has 2 N–H and O–H groups in total. The average molecular weight is 698 g/mol. The van der Waals surface area contributed by atoms with Gasteiger partial charge in [-0.25, -0.2) is 0 Å². The van der Waals surface area contributed by atoms with Crippen molar-refractivity contribution in [2.24, 2.45) is 23.7 Å². The Kier molecular flexibility index (Phi) is 13.3. The van der Waals surface area contributed by atoms with Crippen LogP contribution in [0, 0.1) is 23.7 Å². The molecule has 2 unspecified atom stereocenters. The van der Waals surface area contributed by atoms with Crippen LogP contribution in [0.2, 0.25) is 0 Å². The van der Waals surface area contributed by atoms with Crippen LogP contribution in [0.3, 0.4) is 0 Å². The number of cyclic esters (lactones) is 1. The molecular formula is C38H67NO10. The molecule has 0 spiro atoms. The molecule has 2 bridgehead atoms. The summed E-state index contributed by atoms with van der Waals surface area (Å²) in [5, 5.41) is 23.3. The molecule has 4 heterocycles. The Labute approximate surface area is 295 Å². The van der Waals surface area contributed by atoms with E-state index < -0.39 is 72.1 Å². The zero-order valence-electron chi connectivity index (χ0n) is 32.4. The Morgan fingerprint density at radius 1 is 0.918 bits per heavy atom. The quantitative estimate of drug-likeness (QED) is 0.326. The molecule has 0 radical (unpaired) electrons. The monoisotopic (exact) mass is 697 g/mol. The van der Waals surface area contributed by atoms with Crippen LogP contribution in [0.4, 0.5) is 0 Å². The van der Waals surface area contributed by atoms with E-state index in [1.807, 2.05) is 69.4 Å². The zero-order valence-corrected chi connectivity index (χ0v) is 32.4. The van der Waals surface area contributed by atoms with Crippen molar-refractivity contribution in [2.45, 2.75) is 181 Å². The molecule has 16 atom stereocenters. The van der Waals surface area contributed by atoms with Gasteiger partial charge in [-0.1, -0.05) is 34.6 Å². The summed E-state index contributed by atoms with van der Waals surface area (Å²) >= 11 is 0. The summed E-state index contributed by atoms with van der Waals surface area (Å²) in [6.45, 7) is 22.6. The predicted octanol–water partition coefficient (Wildman–Crippen LogP) is 5.20. The number of ether oxygens (including phenoxy) is 7. The van der Waals surface area contributed by atoms with Gasteiger partial charge in [0.2, 0.25) is 0 Å². The minimum absolute atomic E-state index is 0.124. The van der Waals surface area contributed by atoms with Gasteiger partial charge in [0, 0.05) is 50.2 Å². The zero-order chi connectivity index (χ0) is 36.6. The van der Waals surface area contributed by atoms with Gasteiger partial charge in [0.25, 0.3) is 0 Å². The molecule has 3 fully saturated rings. The van der Waals surface area contributed by atoms with Crippen molar-refractivity contribution >= 4 is 5.97 Å². The number of likely N-dealkylation sites (N-methyl/N-ethyl adjacent to an activating group) is 1. The molecule has 0 aromatic carbocycles. The van der Waals surface area contributed by atoms with E-state index >= 15 is 0 Å². The second-order valence-corrected chi connectivity index (χ2v) is 16.2. The number of aliphatic hydroxyl groups is 2. The highest BCUT2D eigenvalue weighted by Crippen LogP contribution is 2.47. The molecule has 11 nitrogen and oxygen atoms in total. The van der Waals surface area contributed by atoms with Crippen molar-refractivity contribution in [1.29, 1.82) is 0 Å². The SMILES string of the molecule is CC[C@H]1OC(=O)[C@H](C)[C@@H](OC2C[C@@](C)(OC)C[C@H](C)O2)[C@H](C)[C@@H](OC2O[C@H](C)C[C@H](N(C)CC)[C@H]2O)[C@]2(C)CC(C)=C(O2)[C@H](C)[C@@H](O)[C@H]1C. The first-order valence-electron chi connectivity index (χ1n) is 18.7. The van der Waals surface area contributed by atoms with Crippen molar-refractivity contribution in [3.63, 3.8) is 0 Å². The van der Waals surface area contributed by atoms with Crippen LogP contribution in [-0.4, -0.2) is 114 Å². The fourth-order valence-corrected chi connectivity index (χ4v) is 8.88. The lowest BCUT2D eigenvalue weighted by atomic mass is 9.79. The minimum Gasteiger partial charge on any atom is -0.489 e. The third-order valence-corrected chi connectivity index (χ3v) is 12.0. The molecule has 0 amide bonds. The topological polar surface area (TPSA) is 125 Å². The highest BCUT2D eigenvalue weighted by atomic mass is 16.7. The second kappa shape index (κ2) is 16.1. The highest BCUT2D eigenvalue weighted by molar-refractivity contribution is 5.73. The number of aliphatic hydroxyl groups excluding tert-OH is 2. The molecule has 0 aliphatic carbocycles. The van der Waals surface area contributed by atoms with Crippen molar-refractivity contribution in [1.82, 2.24) is 4.90 Å². The van der Waals surface area contributed by atoms with Gasteiger partial charge in [0.1, 0.15) is 29.7 Å². The fraction of sp³-hybridized carbons (Fsp3) is 0.921. The Bertz CT molecular complexity index is 1150. The second-order valence-electron chi connectivity index (χ2n) is 16.2. The van der Waals surface area contributed by atoms with Crippen LogP contribution in [0.15, 0.2) is 11.3 Å². The Hall–Kier alpha value is -1.31. The van der Waals surface area contributed by atoms with Gasteiger partial charge in [0.05, 0.1) is 35.9 Å². The molecule has 3 saturated heterocycles. The van der Waals surface area contributed by atoms with Crippen molar-refractivity contribution < 1.29 is 48.2 Å². The third kappa shape index (κ3) is 8.67. The van der Waals surface area contributed by atoms with E-state index in [2.05, 4.69) is 18.7 Å². The van der Waals surface area contributed by atoms with Gasteiger partial charge in [-0.3, -0.25) is 4.79 Å². The van der Waals surface area contributed by atoms with E-state index in [1.54, 1.807) is 7.11 Å². The van der Waals surface area contributed by atoms with E-state index in [0.717, 1.165) is 17.9 Å². The molecule has 49 heavy (non-hydrogen) atoms. The Morgan fingerprint density at radius 3 is 2.20 bits per heavy atom. The smallest absolute Gasteiger partial charge is 0.311 e. The summed E-state index contributed by atoms with van der Waals surface area (Å²) in [5.41, 5.74) is -0.370. The molecule has 284 valence electrons. The first kappa shape index (κ1) is 40.5. The average Bonchev–Trinajstić information content (AvgIpc) is 3.37. The van der Waals surface area contributed by atoms with Crippen LogP contribution in [-0.2, 0) is 38.0 Å². The maximum Gasteiger partial charge on any atom is 0.311 e. The summed E-state index contributed by atoms with van der Waals surface area (Å²) in [6, 6.07) is -0.163. The van der Waals surface area contributed by atoms with Crippen LogP contribution in [0.25, 0.3) is 0 Å². The lowest BCUT2D eigenvalue weighted by molar-refractivity contribution is -0.309. The van der Waals surface area contributed by atoms with Gasteiger partial charge >= 0.3 is 5.97 Å². The summed E-state index contributed by atoms with van der Waals surface area (Å²) in [4.78, 5) is 16.2. The molecule has 0 aromatic rings. The molecule has 4 rings (SSSR count). The van der Waals surface area contributed by atoms with E-state index in [4.69, 9.17) is 33.2 Å². The molecular weight excluding hydrogens is 630 g/mol. The van der Waals surface area contributed by atoms with E-state index in [9.17, 15) is 15.0 Å². The van der Waals surface area contributed by atoms with Crippen molar-refractivity contribution in [2.75, 3.05) is 20.7 Å². The van der Waals surface area contributed by atoms with Crippen molar-refractivity contribution in [3.05, 3.63) is 11.3 Å². The fourth-order valence-electron chi connectivity index (χ4n) is 8.88. The van der Waals surface area contributed by atoms with E-state index in [0.29, 0.717) is 32.1 Å². The number of carbonyl (C=O) groups is 1. The summed E-state index contributed by atoms with van der Waals surface area (Å²) in [5.74, 6) is -1.60. The number of rotatable bonds is 8. The first-order valence-corrected chi connectivity index (χ1v) is 18.7. The van der Waals surface area contributed by atoms with Crippen LogP contribution < -0.4 is 0 Å². The number of hydrogen-bond donors (Lipinski definition) is 2. The van der Waals surface area contributed by atoms with Crippen molar-refractivity contribution in [3.8, 4) is 0 Å². The normalized spacial score (nSPS) is 47.2. The van der Waals surface area contributed by atoms with Gasteiger partial charge < -0.3 is 48.3 Å². The number of methoxy groups -OCH3 is 1. The first-order chi connectivity index (χ1) is 22.9. The van der Waals surface area contributed by atoms with Gasteiger partial charge in [-0.15, -0.1) is 0 Å². The highest BCUT2D eigenvalue weighted by Gasteiger charge is 2.54. The Morgan fingerprint density at radius 2 is 1.59 bits per heavy atom. The number of hydrogen-bond acceptors (Lipinski definition) is 11. The lowest BCUT2D eigenvalue weighted by Gasteiger charge is -2.48. The molecule has 0 aromatic heterocycles. The minimum atomic E-state index is -0.950. The summed E-state index contributed by atoms with van der Waals surface area (Å²) < 4.78 is 45.6. The molecule has 4 aliphatic heterocycles. The molecule has 4 aliphatic rings. The summed E-state index contributed by atoms with van der Waals surface area (Å²) in [6.07, 6.45) is -2.63. The maximum absolute atomic E-state index is 14.1. The maximum atomic E-state index is 14.1. The third-order valence-electron chi connectivity index (χ3n) is 12.0. The number of esters is 1. The van der Waals surface area contributed by atoms with E-state index in [-0.39, 0.29) is 30.1 Å². The number of fused-ring (bicyclic) bond motifs is 2. The Balaban J connectivity index is 1.81. The molecule has 11 heteroatoms. The van der Waals surface area contributed by atoms with Gasteiger partial charge in [-0.05, 0) is 73.5 Å². The number of nitrogens with zero attached hydrogens (tertiary/aromatic N) is 1. The standard InChI is InChI=1S/C38H67NO10/c1-14-28-23(6)30(40)24(7)32-20(3)17-38(11,49-32)34(48-36-31(41)27(39(12)15-2)16-21(4)45-36)25(8)33(26(9)35(42)46-28)47-29-19-37(10,43-13)18-22(5)44-29/h21-31,33-34,36,40-41H,14-19H2,1-13H3/t21-,22+,23+,24-,25+,26-,27+,28-,29?,30+,31-,33+,34-,36?,37+,38+/m1/s1. The molecule has 0 saturated carbocycles.